The molecule has 0 aromatic carbocycles. The van der Waals surface area contributed by atoms with Gasteiger partial charge in [0.1, 0.15) is 24.9 Å². The van der Waals surface area contributed by atoms with Gasteiger partial charge in [-0.05, 0) is 0 Å². The number of hydrogen-bond donors (Lipinski definition) is 5. The number of nitrogens with one attached hydrogen (secondary N) is 1. The Morgan fingerprint density at radius 1 is 1.32 bits per heavy atom. The Labute approximate surface area is 160 Å². The third-order valence-corrected chi connectivity index (χ3v) is 4.11. The highest BCUT2D eigenvalue weighted by Gasteiger charge is 2.44. The van der Waals surface area contributed by atoms with Crippen LogP contribution in [-0.2, 0) is 13.8 Å². The van der Waals surface area contributed by atoms with Gasteiger partial charge < -0.3 is 38.9 Å². The molecule has 0 bridgehead atoms. The van der Waals surface area contributed by atoms with Crippen LogP contribution in [0, 0.1) is 0 Å². The minimum absolute atomic E-state index is 0.281. The van der Waals surface area contributed by atoms with Gasteiger partial charge in [0, 0.05) is 12.3 Å². The Morgan fingerprint density at radius 3 is 2.36 bits per heavy atom. The second-order valence-electron chi connectivity index (χ2n) is 7.07. The number of nitrogens with zero attached hydrogens (tertiary/aromatic N) is 2. The monoisotopic (exact) mass is 427 g/mol. The fraction of sp³-hybridized carbons (Fsp3) is 0.714. The number of aliphatic hydroxyl groups is 3. The average molecular weight is 427 g/mol. The van der Waals surface area contributed by atoms with Crippen LogP contribution in [0.4, 0.5) is 0 Å². The van der Waals surface area contributed by atoms with E-state index in [0.29, 0.717) is 0 Å². The third kappa shape index (κ3) is 7.91. The maximum Gasteiger partial charge on any atom is 0.330 e. The molecule has 5 N–H and O–H groups in total. The number of quaternary nitrogens is 1. The molecule has 28 heavy (non-hydrogen) atoms. The van der Waals surface area contributed by atoms with Gasteiger partial charge in [-0.15, -0.1) is 0 Å². The Balaban J connectivity index is 0.000000480. The maximum absolute atomic E-state index is 11.6. The molecule has 0 aliphatic carbocycles. The fourth-order valence-electron chi connectivity index (χ4n) is 2.19. The summed E-state index contributed by atoms with van der Waals surface area (Å²) in [4.78, 5) is 43.4. The minimum Gasteiger partial charge on any atom is -0.756 e. The lowest BCUT2D eigenvalue weighted by Crippen LogP contribution is -2.37. The molecule has 2 rings (SSSR count). The highest BCUT2D eigenvalue weighted by Crippen LogP contribution is 2.34. The molecule has 1 aliphatic heterocycles. The fourth-order valence-corrected chi connectivity index (χ4v) is 2.53. The number of phosphoric acid groups is 1. The molecule has 0 saturated carbocycles. The zero-order valence-corrected chi connectivity index (χ0v) is 16.6. The first-order valence-corrected chi connectivity index (χ1v) is 9.67. The molecule has 1 aliphatic rings. The van der Waals surface area contributed by atoms with Crippen LogP contribution in [0.25, 0.3) is 0 Å². The second-order valence-corrected chi connectivity index (χ2v) is 8.26. The van der Waals surface area contributed by atoms with Gasteiger partial charge in [-0.25, -0.2) is 4.79 Å². The standard InChI is InChI=1S/C9H13N2O9P.C5H14NO/c12-5-1-2-11(9(15)10-5)8-7(14)6(13)4(20-8)3-19-21(16,17)18;1-6(2,3)4-5-7/h1-2,4,6-8,13-14H,3H2,(H,10,12,15)(H2,16,17,18);7H,4-5H2,1-3H3/q;+1/p-1/t4-,6-,7-,8+;/m1./s1. The predicted molar refractivity (Wildman–Crippen MR) is 93.0 cm³/mol. The van der Waals surface area contributed by atoms with E-state index in [4.69, 9.17) is 14.7 Å². The SMILES string of the molecule is C[N+](C)(C)CCO.O=c1ccn([C@H]2O[C@H](COP(=O)([O-])O)[C@@H](O)[C@H]2O)c(=O)[nH]1. The smallest absolute Gasteiger partial charge is 0.330 e. The molecule has 1 aromatic heterocycles. The van der Waals surface area contributed by atoms with Crippen molar-refractivity contribution in [2.24, 2.45) is 0 Å². The van der Waals surface area contributed by atoms with Crippen molar-refractivity contribution in [2.45, 2.75) is 24.5 Å². The van der Waals surface area contributed by atoms with Crippen LogP contribution in [0.1, 0.15) is 6.23 Å². The van der Waals surface area contributed by atoms with Crippen molar-refractivity contribution in [3.63, 3.8) is 0 Å². The number of likely N-dealkylation sites (N-methyl/N-ethyl adjacent to an activating group) is 1. The molecule has 0 amide bonds. The number of hydrogen-bond acceptors (Lipinski definition) is 9. The van der Waals surface area contributed by atoms with E-state index < -0.39 is 50.2 Å². The number of phosphoric ester groups is 1. The number of ether oxygens (including phenoxy) is 1. The lowest BCUT2D eigenvalue weighted by atomic mass is 10.1. The summed E-state index contributed by atoms with van der Waals surface area (Å²) < 4.78 is 21.4. The summed E-state index contributed by atoms with van der Waals surface area (Å²) >= 11 is 0. The van der Waals surface area contributed by atoms with Gasteiger partial charge in [0.15, 0.2) is 6.23 Å². The summed E-state index contributed by atoms with van der Waals surface area (Å²) in [7, 11) is 1.14. The number of aromatic amines is 1. The van der Waals surface area contributed by atoms with Gasteiger partial charge in [0.25, 0.3) is 13.4 Å². The van der Waals surface area contributed by atoms with E-state index in [-0.39, 0.29) is 6.61 Å². The Hall–Kier alpha value is -1.41. The van der Waals surface area contributed by atoms with Gasteiger partial charge in [-0.1, -0.05) is 0 Å². The quantitative estimate of drug-likeness (QED) is 0.223. The summed E-state index contributed by atoms with van der Waals surface area (Å²) in [5, 5.41) is 27.9. The average Bonchev–Trinajstić information content (AvgIpc) is 2.80. The molecule has 14 heteroatoms. The largest absolute Gasteiger partial charge is 0.756 e. The molecular formula is C14H26N3O10P. The van der Waals surface area contributed by atoms with E-state index in [1.807, 2.05) is 4.98 Å². The van der Waals surface area contributed by atoms with Gasteiger partial charge in [-0.3, -0.25) is 18.9 Å². The first-order valence-electron chi connectivity index (χ1n) is 8.18. The highest BCUT2D eigenvalue weighted by atomic mass is 31.2. The first-order chi connectivity index (χ1) is 12.7. The Bertz CT molecular complexity index is 783. The summed E-state index contributed by atoms with van der Waals surface area (Å²) in [6.07, 6.45) is -4.71. The van der Waals surface area contributed by atoms with Gasteiger partial charge >= 0.3 is 5.69 Å². The molecule has 1 unspecified atom stereocenters. The minimum atomic E-state index is -5.01. The van der Waals surface area contributed by atoms with Crippen LogP contribution in [0.2, 0.25) is 0 Å². The Kier molecular flexibility index (Phi) is 8.68. The van der Waals surface area contributed by atoms with Crippen molar-refractivity contribution in [3.8, 4) is 0 Å². The first kappa shape index (κ1) is 24.6. The molecule has 0 spiro atoms. The number of aromatic nitrogens is 2. The zero-order chi connectivity index (χ0) is 21.7. The zero-order valence-electron chi connectivity index (χ0n) is 15.7. The molecule has 2 heterocycles. The molecule has 1 fully saturated rings. The summed E-state index contributed by atoms with van der Waals surface area (Å²) in [5.74, 6) is 0. The van der Waals surface area contributed by atoms with Crippen molar-refractivity contribution >= 4 is 7.82 Å². The van der Waals surface area contributed by atoms with Crippen molar-refractivity contribution in [1.29, 1.82) is 0 Å². The lowest BCUT2D eigenvalue weighted by molar-refractivity contribution is -0.870. The van der Waals surface area contributed by atoms with E-state index in [1.165, 1.54) is 0 Å². The van der Waals surface area contributed by atoms with Crippen LogP contribution in [0.3, 0.4) is 0 Å². The molecule has 5 atom stereocenters. The van der Waals surface area contributed by atoms with Crippen molar-refractivity contribution in [3.05, 3.63) is 33.1 Å². The molecule has 162 valence electrons. The molecule has 0 radical (unpaired) electrons. The van der Waals surface area contributed by atoms with Crippen molar-refractivity contribution in [2.75, 3.05) is 40.9 Å². The van der Waals surface area contributed by atoms with Gasteiger partial charge in [0.05, 0.1) is 34.4 Å². The third-order valence-electron chi connectivity index (χ3n) is 3.64. The second kappa shape index (κ2) is 9.87. The highest BCUT2D eigenvalue weighted by molar-refractivity contribution is 7.44. The topological polar surface area (TPSA) is 194 Å². The van der Waals surface area contributed by atoms with E-state index in [9.17, 15) is 29.3 Å². The van der Waals surface area contributed by atoms with Crippen LogP contribution >= 0.6 is 7.82 Å². The summed E-state index contributed by atoms with van der Waals surface area (Å²) in [6, 6.07) is 1.01. The van der Waals surface area contributed by atoms with Crippen LogP contribution < -0.4 is 16.1 Å². The van der Waals surface area contributed by atoms with E-state index in [0.717, 1.165) is 27.9 Å². The normalized spacial score (nSPS) is 27.0. The van der Waals surface area contributed by atoms with E-state index in [1.54, 1.807) is 0 Å². The molecule has 1 saturated heterocycles. The number of H-pyrrole nitrogens is 1. The summed E-state index contributed by atoms with van der Waals surface area (Å²) in [6.45, 7) is 0.369. The summed E-state index contributed by atoms with van der Waals surface area (Å²) in [5.41, 5.74) is -1.53. The number of aliphatic hydroxyl groups excluding tert-OH is 3. The maximum atomic E-state index is 11.6. The molecular weight excluding hydrogens is 401 g/mol. The number of rotatable bonds is 6. The van der Waals surface area contributed by atoms with Gasteiger partial charge in [-0.2, -0.15) is 0 Å². The van der Waals surface area contributed by atoms with Crippen LogP contribution in [0.5, 0.6) is 0 Å². The lowest BCUT2D eigenvalue weighted by Gasteiger charge is -2.21. The van der Waals surface area contributed by atoms with E-state index >= 15 is 0 Å². The van der Waals surface area contributed by atoms with E-state index in [2.05, 4.69) is 25.7 Å². The van der Waals surface area contributed by atoms with Crippen LogP contribution in [-0.4, -0.2) is 93.5 Å². The predicted octanol–water partition coefficient (Wildman–Crippen LogP) is -3.68. The molecule has 1 aromatic rings. The van der Waals surface area contributed by atoms with Crippen molar-refractivity contribution < 1.29 is 43.4 Å². The van der Waals surface area contributed by atoms with Crippen LogP contribution in [0.15, 0.2) is 21.9 Å². The van der Waals surface area contributed by atoms with Crippen molar-refractivity contribution in [1.82, 2.24) is 9.55 Å². The van der Waals surface area contributed by atoms with Gasteiger partial charge in [0.2, 0.25) is 0 Å². The Morgan fingerprint density at radius 2 is 1.93 bits per heavy atom. The molecule has 13 nitrogen and oxygen atoms in total.